The summed E-state index contributed by atoms with van der Waals surface area (Å²) in [4.78, 5) is 6.76. The van der Waals surface area contributed by atoms with E-state index in [2.05, 4.69) is 45.0 Å². The van der Waals surface area contributed by atoms with Crippen LogP contribution < -0.4 is 20.3 Å². The first-order valence-electron chi connectivity index (χ1n) is 9.87. The highest BCUT2D eigenvalue weighted by atomic mass is 16.7. The smallest absolute Gasteiger partial charge is 0.231 e. The fraction of sp³-hybridized carbons (Fsp3) is 0.476. The third-order valence-corrected chi connectivity index (χ3v) is 6.11. The van der Waals surface area contributed by atoms with Crippen molar-refractivity contribution in [2.75, 3.05) is 33.0 Å². The third kappa shape index (κ3) is 3.52. The summed E-state index contributed by atoms with van der Waals surface area (Å²) < 4.78 is 11.0. The van der Waals surface area contributed by atoms with Crippen LogP contribution in [0, 0.1) is 5.92 Å². The van der Waals surface area contributed by atoms with Gasteiger partial charge in [0, 0.05) is 31.4 Å². The Kier molecular flexibility index (Phi) is 4.69. The molecule has 0 spiro atoms. The Morgan fingerprint density at radius 2 is 1.81 bits per heavy atom. The van der Waals surface area contributed by atoms with Gasteiger partial charge in [-0.1, -0.05) is 6.07 Å². The molecule has 142 valence electrons. The molecule has 2 aromatic rings. The molecule has 0 radical (unpaired) electrons. The van der Waals surface area contributed by atoms with Crippen molar-refractivity contribution in [3.63, 3.8) is 0 Å². The lowest BCUT2D eigenvalue weighted by Crippen LogP contribution is -2.38. The second-order valence-corrected chi connectivity index (χ2v) is 7.73. The first kappa shape index (κ1) is 17.0. The zero-order valence-corrected chi connectivity index (χ0v) is 15.4. The van der Waals surface area contributed by atoms with Crippen molar-refractivity contribution in [2.45, 2.75) is 24.8 Å². The Morgan fingerprint density at radius 1 is 1.00 bits per heavy atom. The largest absolute Gasteiger partial charge is 0.454 e. The average molecular weight is 366 g/mol. The summed E-state index contributed by atoms with van der Waals surface area (Å²) in [5.41, 5.74) is 9.52. The number of aromatic nitrogens is 1. The van der Waals surface area contributed by atoms with Crippen LogP contribution in [0.3, 0.4) is 0 Å². The number of pyridine rings is 1. The van der Waals surface area contributed by atoms with Crippen LogP contribution in [0.1, 0.15) is 35.9 Å². The van der Waals surface area contributed by atoms with Crippen molar-refractivity contribution in [2.24, 2.45) is 5.92 Å². The molecule has 6 heteroatoms. The molecule has 2 saturated heterocycles. The summed E-state index contributed by atoms with van der Waals surface area (Å²) in [5.74, 6) is 2.93. The van der Waals surface area contributed by atoms with Crippen LogP contribution in [0.15, 0.2) is 42.7 Å². The highest BCUT2D eigenvalue weighted by Gasteiger charge is 2.32. The lowest BCUT2D eigenvalue weighted by atomic mass is 9.88. The van der Waals surface area contributed by atoms with E-state index in [-0.39, 0.29) is 0 Å². The van der Waals surface area contributed by atoms with Crippen molar-refractivity contribution in [3.05, 3.63) is 53.9 Å². The van der Waals surface area contributed by atoms with Crippen LogP contribution >= 0.6 is 0 Å². The average Bonchev–Trinajstić information content (AvgIpc) is 3.38. The van der Waals surface area contributed by atoms with Crippen LogP contribution in [0.5, 0.6) is 11.5 Å². The normalized spacial score (nSPS) is 25.8. The summed E-state index contributed by atoms with van der Waals surface area (Å²) in [5, 5.41) is 0. The predicted octanol–water partition coefficient (Wildman–Crippen LogP) is 2.46. The van der Waals surface area contributed by atoms with Gasteiger partial charge in [-0.3, -0.25) is 10.4 Å². The number of rotatable bonds is 4. The zero-order chi connectivity index (χ0) is 18.1. The summed E-state index contributed by atoms with van der Waals surface area (Å²) in [6, 6.07) is 10.9. The molecule has 3 aliphatic rings. The minimum absolute atomic E-state index is 0.303. The van der Waals surface area contributed by atoms with E-state index in [1.165, 1.54) is 24.0 Å². The number of fused-ring (bicyclic) bond motifs is 1. The van der Waals surface area contributed by atoms with Crippen LogP contribution in [0.2, 0.25) is 0 Å². The number of nitrogens with zero attached hydrogens (tertiary/aromatic N) is 2. The molecule has 0 aliphatic carbocycles. The van der Waals surface area contributed by atoms with Crippen LogP contribution in [-0.2, 0) is 0 Å². The number of piperidine rings is 1. The van der Waals surface area contributed by atoms with Gasteiger partial charge in [-0.2, -0.15) is 0 Å². The summed E-state index contributed by atoms with van der Waals surface area (Å²) >= 11 is 0. The molecular weight excluding hydrogens is 340 g/mol. The van der Waals surface area contributed by atoms with Crippen molar-refractivity contribution >= 4 is 0 Å². The Bertz CT molecular complexity index is 777. The standard InChI is InChI=1S/C21H26N4O2/c1-2-19-20(27-14-26-19)11-17(1)21-18(12-23-24-21)13-25-9-5-16(6-10-25)15-3-7-22-8-4-15/h1-4,7-8,11,16,18,21,23-24H,5-6,9-10,12-14H2. The summed E-state index contributed by atoms with van der Waals surface area (Å²) in [6.45, 7) is 4.76. The first-order valence-corrected chi connectivity index (χ1v) is 9.87. The van der Waals surface area contributed by atoms with Gasteiger partial charge in [0.25, 0.3) is 0 Å². The van der Waals surface area contributed by atoms with Crippen molar-refractivity contribution in [3.8, 4) is 11.5 Å². The lowest BCUT2D eigenvalue weighted by Gasteiger charge is -2.34. The second kappa shape index (κ2) is 7.46. The molecule has 2 atom stereocenters. The maximum atomic E-state index is 5.55. The van der Waals surface area contributed by atoms with Crippen LogP contribution in [-0.4, -0.2) is 42.9 Å². The lowest BCUT2D eigenvalue weighted by molar-refractivity contribution is 0.173. The van der Waals surface area contributed by atoms with Crippen molar-refractivity contribution < 1.29 is 9.47 Å². The number of hydrogen-bond acceptors (Lipinski definition) is 6. The Hall–Kier alpha value is -2.15. The molecule has 1 aromatic carbocycles. The van der Waals surface area contributed by atoms with Gasteiger partial charge in [0.05, 0.1) is 6.04 Å². The fourth-order valence-corrected chi connectivity index (χ4v) is 4.58. The molecule has 2 N–H and O–H groups in total. The molecule has 27 heavy (non-hydrogen) atoms. The molecule has 1 aromatic heterocycles. The minimum atomic E-state index is 0.303. The summed E-state index contributed by atoms with van der Waals surface area (Å²) in [7, 11) is 0. The Morgan fingerprint density at radius 3 is 2.67 bits per heavy atom. The van der Waals surface area contributed by atoms with Gasteiger partial charge in [-0.05, 0) is 67.2 Å². The fourth-order valence-electron chi connectivity index (χ4n) is 4.58. The predicted molar refractivity (Wildman–Crippen MR) is 103 cm³/mol. The zero-order valence-electron chi connectivity index (χ0n) is 15.4. The molecule has 0 amide bonds. The number of likely N-dealkylation sites (tertiary alicyclic amines) is 1. The maximum absolute atomic E-state index is 5.55. The molecular formula is C21H26N4O2. The molecule has 4 heterocycles. The molecule has 0 saturated carbocycles. The molecule has 0 bridgehead atoms. The number of benzene rings is 1. The second-order valence-electron chi connectivity index (χ2n) is 7.73. The number of ether oxygens (including phenoxy) is 2. The SMILES string of the molecule is c1cc(C2CCN(CC3CNNC3c3ccc4c(c3)OCO4)CC2)ccn1. The number of hydrazine groups is 1. The van der Waals surface area contributed by atoms with Gasteiger partial charge in [0.15, 0.2) is 11.5 Å². The Balaban J connectivity index is 1.21. The van der Waals surface area contributed by atoms with Crippen LogP contribution in [0.4, 0.5) is 0 Å². The topological polar surface area (TPSA) is 58.7 Å². The minimum Gasteiger partial charge on any atom is -0.454 e. The quantitative estimate of drug-likeness (QED) is 0.867. The van der Waals surface area contributed by atoms with Gasteiger partial charge < -0.3 is 14.4 Å². The van der Waals surface area contributed by atoms with E-state index >= 15 is 0 Å². The van der Waals surface area contributed by atoms with E-state index < -0.39 is 0 Å². The monoisotopic (exact) mass is 366 g/mol. The Labute approximate surface area is 159 Å². The van der Waals surface area contributed by atoms with E-state index in [4.69, 9.17) is 9.47 Å². The highest BCUT2D eigenvalue weighted by Crippen LogP contribution is 2.37. The van der Waals surface area contributed by atoms with E-state index in [0.29, 0.717) is 24.7 Å². The molecule has 6 nitrogen and oxygen atoms in total. The highest BCUT2D eigenvalue weighted by molar-refractivity contribution is 5.45. The van der Waals surface area contributed by atoms with Gasteiger partial charge >= 0.3 is 0 Å². The number of nitrogens with one attached hydrogen (secondary N) is 2. The molecule has 2 unspecified atom stereocenters. The maximum Gasteiger partial charge on any atom is 0.231 e. The van der Waals surface area contributed by atoms with E-state index in [1.54, 1.807) is 0 Å². The third-order valence-electron chi connectivity index (χ3n) is 6.11. The van der Waals surface area contributed by atoms with E-state index in [1.807, 2.05) is 18.5 Å². The molecule has 2 fully saturated rings. The molecule has 3 aliphatic heterocycles. The van der Waals surface area contributed by atoms with Gasteiger partial charge in [-0.25, -0.2) is 5.43 Å². The van der Waals surface area contributed by atoms with Crippen molar-refractivity contribution in [1.82, 2.24) is 20.7 Å². The van der Waals surface area contributed by atoms with Gasteiger partial charge in [0.1, 0.15) is 0 Å². The summed E-state index contributed by atoms with van der Waals surface area (Å²) in [6.07, 6.45) is 6.28. The van der Waals surface area contributed by atoms with Gasteiger partial charge in [0.2, 0.25) is 6.79 Å². The van der Waals surface area contributed by atoms with E-state index in [9.17, 15) is 0 Å². The molecule has 5 rings (SSSR count). The van der Waals surface area contributed by atoms with Crippen LogP contribution in [0.25, 0.3) is 0 Å². The first-order chi connectivity index (χ1) is 13.4. The van der Waals surface area contributed by atoms with Gasteiger partial charge in [-0.15, -0.1) is 0 Å². The van der Waals surface area contributed by atoms with E-state index in [0.717, 1.165) is 37.7 Å². The number of hydrogen-bond donors (Lipinski definition) is 2. The van der Waals surface area contributed by atoms with Crippen molar-refractivity contribution in [1.29, 1.82) is 0 Å².